The molecule has 2 aromatic rings. The van der Waals surface area contributed by atoms with E-state index in [4.69, 9.17) is 0 Å². The first kappa shape index (κ1) is 11.8. The zero-order valence-electron chi connectivity index (χ0n) is 9.29. The summed E-state index contributed by atoms with van der Waals surface area (Å²) in [4.78, 5) is 10.1. The van der Waals surface area contributed by atoms with Gasteiger partial charge in [-0.25, -0.2) is 0 Å². The van der Waals surface area contributed by atoms with Crippen LogP contribution in [0.2, 0.25) is 0 Å². The Morgan fingerprint density at radius 2 is 1.41 bits per heavy atom. The van der Waals surface area contributed by atoms with Crippen molar-refractivity contribution in [3.05, 3.63) is 64.2 Å². The fourth-order valence-electron chi connectivity index (χ4n) is 1.38. The fraction of sp³-hybridized carbons (Fsp3) is 0.0769. The van der Waals surface area contributed by atoms with E-state index in [9.17, 15) is 10.1 Å². The van der Waals surface area contributed by atoms with Gasteiger partial charge in [-0.15, -0.1) is 0 Å². The van der Waals surface area contributed by atoms with E-state index in [-0.39, 0.29) is 25.6 Å². The van der Waals surface area contributed by atoms with Crippen molar-refractivity contribution in [3.63, 3.8) is 0 Å². The monoisotopic (exact) mass is 293 g/mol. The van der Waals surface area contributed by atoms with Crippen LogP contribution in [0, 0.1) is 17.0 Å². The van der Waals surface area contributed by atoms with E-state index < -0.39 is 0 Å². The van der Waals surface area contributed by atoms with Crippen LogP contribution in [-0.4, -0.2) is 19.9 Å². The Bertz CT molecular complexity index is 520. The van der Waals surface area contributed by atoms with Gasteiger partial charge in [-0.1, -0.05) is 0 Å². The summed E-state index contributed by atoms with van der Waals surface area (Å²) in [7, 11) is 0. The van der Waals surface area contributed by atoms with Crippen LogP contribution in [0.3, 0.4) is 0 Å². The molecule has 0 aromatic heterocycles. The third kappa shape index (κ3) is 3.16. The summed E-state index contributed by atoms with van der Waals surface area (Å²) in [6.07, 6.45) is 0. The van der Waals surface area contributed by atoms with Crippen LogP contribution in [0.1, 0.15) is 5.56 Å². The molecule has 17 heavy (non-hydrogen) atoms. The van der Waals surface area contributed by atoms with Crippen LogP contribution in [0.4, 0.5) is 5.69 Å². The normalized spacial score (nSPS) is 10.2. The number of nitro benzene ring substituents is 1. The van der Waals surface area contributed by atoms with Gasteiger partial charge in [0.2, 0.25) is 0 Å². The first-order valence-corrected chi connectivity index (χ1v) is 6.85. The van der Waals surface area contributed by atoms with Gasteiger partial charge in [0.25, 0.3) is 0 Å². The average Bonchev–Trinajstić information content (AvgIpc) is 2.33. The molecule has 0 N–H and O–H groups in total. The Hall–Kier alpha value is -1.64. The number of aryl methyl sites for hydroxylation is 1. The van der Waals surface area contributed by atoms with Crippen molar-refractivity contribution in [2.75, 3.05) is 0 Å². The molecule has 3 nitrogen and oxygen atoms in total. The van der Waals surface area contributed by atoms with Crippen LogP contribution >= 0.6 is 0 Å². The molecule has 2 aromatic carbocycles. The predicted octanol–water partition coefficient (Wildman–Crippen LogP) is 1.56. The summed E-state index contributed by atoms with van der Waals surface area (Å²) in [6, 6.07) is 15.2. The van der Waals surface area contributed by atoms with E-state index in [0.29, 0.717) is 0 Å². The summed E-state index contributed by atoms with van der Waals surface area (Å²) in [5.74, 6) is 0. The van der Waals surface area contributed by atoms with Crippen molar-refractivity contribution < 1.29 is 4.92 Å². The summed E-state index contributed by atoms with van der Waals surface area (Å²) >= 11 is 0.211. The SMILES string of the molecule is Cc1ccc([Se]c2ccc([N+](=O)[O-])cc2)cc1. The van der Waals surface area contributed by atoms with Crippen LogP contribution in [-0.2, 0) is 0 Å². The Morgan fingerprint density at radius 3 is 1.88 bits per heavy atom. The number of nitro groups is 1. The molecule has 0 saturated carbocycles. The Kier molecular flexibility index (Phi) is 3.57. The molecular formula is C13H11NO2Se. The second kappa shape index (κ2) is 5.13. The zero-order chi connectivity index (χ0) is 12.3. The summed E-state index contributed by atoms with van der Waals surface area (Å²) in [6.45, 7) is 2.06. The Morgan fingerprint density at radius 1 is 0.941 bits per heavy atom. The summed E-state index contributed by atoms with van der Waals surface area (Å²) < 4.78 is 2.42. The minimum absolute atomic E-state index is 0.147. The third-order valence-corrected chi connectivity index (χ3v) is 4.44. The molecule has 0 fully saturated rings. The molecule has 0 spiro atoms. The first-order chi connectivity index (χ1) is 8.15. The molecule has 0 bridgehead atoms. The molecular weight excluding hydrogens is 281 g/mol. The van der Waals surface area contributed by atoms with E-state index in [2.05, 4.69) is 31.2 Å². The third-order valence-electron chi connectivity index (χ3n) is 2.30. The number of hydrogen-bond acceptors (Lipinski definition) is 2. The number of nitrogens with zero attached hydrogens (tertiary/aromatic N) is 1. The van der Waals surface area contributed by atoms with Gasteiger partial charge in [-0.05, 0) is 0 Å². The molecule has 0 amide bonds. The molecule has 4 heteroatoms. The number of benzene rings is 2. The topological polar surface area (TPSA) is 43.1 Å². The number of hydrogen-bond donors (Lipinski definition) is 0. The van der Waals surface area contributed by atoms with E-state index in [0.717, 1.165) is 4.46 Å². The van der Waals surface area contributed by atoms with Gasteiger partial charge >= 0.3 is 106 Å². The van der Waals surface area contributed by atoms with Gasteiger partial charge in [0.15, 0.2) is 0 Å². The fourth-order valence-corrected chi connectivity index (χ4v) is 3.09. The summed E-state index contributed by atoms with van der Waals surface area (Å²) in [5.41, 5.74) is 1.39. The van der Waals surface area contributed by atoms with Crippen LogP contribution < -0.4 is 8.92 Å². The van der Waals surface area contributed by atoms with Gasteiger partial charge in [0, 0.05) is 0 Å². The average molecular weight is 292 g/mol. The van der Waals surface area contributed by atoms with Gasteiger partial charge < -0.3 is 0 Å². The molecule has 0 heterocycles. The van der Waals surface area contributed by atoms with E-state index in [1.54, 1.807) is 12.1 Å². The van der Waals surface area contributed by atoms with Crippen molar-refractivity contribution in [3.8, 4) is 0 Å². The molecule has 0 aliphatic heterocycles. The molecule has 0 radical (unpaired) electrons. The standard InChI is InChI=1S/C13H11NO2Se/c1-10-2-6-12(7-3-10)17-13-8-4-11(5-9-13)14(15)16/h2-9H,1H3. The van der Waals surface area contributed by atoms with E-state index in [1.165, 1.54) is 10.0 Å². The van der Waals surface area contributed by atoms with E-state index >= 15 is 0 Å². The Balaban J connectivity index is 2.13. The molecule has 0 atom stereocenters. The quantitative estimate of drug-likeness (QED) is 0.489. The minimum atomic E-state index is -0.372. The summed E-state index contributed by atoms with van der Waals surface area (Å²) in [5, 5.41) is 10.5. The van der Waals surface area contributed by atoms with E-state index in [1.807, 2.05) is 12.1 Å². The number of rotatable bonds is 3. The van der Waals surface area contributed by atoms with Crippen LogP contribution in [0.25, 0.3) is 0 Å². The van der Waals surface area contributed by atoms with Gasteiger partial charge in [0.1, 0.15) is 0 Å². The second-order valence-electron chi connectivity index (χ2n) is 3.67. The van der Waals surface area contributed by atoms with Crippen molar-refractivity contribution in [2.45, 2.75) is 6.92 Å². The van der Waals surface area contributed by atoms with Gasteiger partial charge in [-0.2, -0.15) is 0 Å². The van der Waals surface area contributed by atoms with Gasteiger partial charge in [0.05, 0.1) is 0 Å². The van der Waals surface area contributed by atoms with Crippen molar-refractivity contribution in [1.82, 2.24) is 0 Å². The van der Waals surface area contributed by atoms with Crippen LogP contribution in [0.5, 0.6) is 0 Å². The maximum atomic E-state index is 10.5. The van der Waals surface area contributed by atoms with Crippen LogP contribution in [0.15, 0.2) is 48.5 Å². The number of non-ortho nitro benzene ring substituents is 1. The van der Waals surface area contributed by atoms with Crippen molar-refractivity contribution in [2.24, 2.45) is 0 Å². The zero-order valence-corrected chi connectivity index (χ0v) is 11.0. The molecule has 0 unspecified atom stereocenters. The molecule has 86 valence electrons. The predicted molar refractivity (Wildman–Crippen MR) is 69.3 cm³/mol. The molecule has 0 saturated heterocycles. The molecule has 0 aliphatic carbocycles. The van der Waals surface area contributed by atoms with Crippen molar-refractivity contribution in [1.29, 1.82) is 0 Å². The molecule has 2 rings (SSSR count). The maximum absolute atomic E-state index is 10.5. The Labute approximate surface area is 106 Å². The van der Waals surface area contributed by atoms with Crippen molar-refractivity contribution >= 4 is 29.6 Å². The second-order valence-corrected chi connectivity index (χ2v) is 6.07. The molecule has 0 aliphatic rings. The van der Waals surface area contributed by atoms with Gasteiger partial charge in [-0.3, -0.25) is 0 Å². The first-order valence-electron chi connectivity index (χ1n) is 5.14.